The molecule has 21 heavy (non-hydrogen) atoms. The van der Waals surface area contributed by atoms with E-state index in [1.807, 2.05) is 6.07 Å². The number of hydrogen-bond donors (Lipinski definition) is 1. The molecule has 0 fully saturated rings. The number of benzene rings is 1. The van der Waals surface area contributed by atoms with Gasteiger partial charge in [-0.1, -0.05) is 37.4 Å². The molecule has 0 saturated heterocycles. The lowest BCUT2D eigenvalue weighted by Gasteiger charge is -2.22. The molecule has 0 saturated carbocycles. The Morgan fingerprint density at radius 1 is 1.24 bits per heavy atom. The highest BCUT2D eigenvalue weighted by Gasteiger charge is 2.28. The monoisotopic (exact) mass is 305 g/mol. The van der Waals surface area contributed by atoms with E-state index in [0.717, 1.165) is 27.4 Å². The molecule has 4 nitrogen and oxygen atoms in total. The topological polar surface area (TPSA) is 61.0 Å². The molecule has 0 aliphatic heterocycles. The molecular formula is C16H23N3OS. The van der Waals surface area contributed by atoms with Crippen LogP contribution in [-0.4, -0.2) is 16.7 Å². The Kier molecular flexibility index (Phi) is 4.35. The van der Waals surface area contributed by atoms with Crippen LogP contribution in [0.25, 0.3) is 0 Å². The minimum Gasteiger partial charge on any atom is -0.496 e. The highest BCUT2D eigenvalue weighted by atomic mass is 32.1. The van der Waals surface area contributed by atoms with Crippen molar-refractivity contribution in [1.82, 2.24) is 9.59 Å². The summed E-state index contributed by atoms with van der Waals surface area (Å²) in [5.41, 5.74) is 10.7. The quantitative estimate of drug-likeness (QED) is 0.942. The Morgan fingerprint density at radius 3 is 2.48 bits per heavy atom. The second-order valence-electron chi connectivity index (χ2n) is 6.34. The van der Waals surface area contributed by atoms with Gasteiger partial charge in [0.05, 0.1) is 23.7 Å². The molecule has 0 radical (unpaired) electrons. The van der Waals surface area contributed by atoms with Crippen LogP contribution in [0, 0.1) is 13.8 Å². The van der Waals surface area contributed by atoms with Crippen LogP contribution in [0.4, 0.5) is 0 Å². The van der Waals surface area contributed by atoms with Crippen molar-refractivity contribution in [2.75, 3.05) is 7.11 Å². The van der Waals surface area contributed by atoms with Gasteiger partial charge >= 0.3 is 0 Å². The summed E-state index contributed by atoms with van der Waals surface area (Å²) in [4.78, 5) is 1.00. The van der Waals surface area contributed by atoms with Gasteiger partial charge in [0, 0.05) is 11.0 Å². The van der Waals surface area contributed by atoms with Gasteiger partial charge in [0.1, 0.15) is 5.75 Å². The van der Waals surface area contributed by atoms with E-state index in [-0.39, 0.29) is 11.5 Å². The first-order chi connectivity index (χ1) is 9.77. The van der Waals surface area contributed by atoms with Gasteiger partial charge in [-0.2, -0.15) is 0 Å². The molecule has 2 aromatic rings. The summed E-state index contributed by atoms with van der Waals surface area (Å²) >= 11 is 1.37. The zero-order valence-corrected chi connectivity index (χ0v) is 14.3. The van der Waals surface area contributed by atoms with Crippen LogP contribution in [0.15, 0.2) is 12.1 Å². The number of aromatic nitrogens is 2. The maximum absolute atomic E-state index is 6.50. The molecule has 1 unspecified atom stereocenters. The smallest absolute Gasteiger partial charge is 0.127 e. The lowest BCUT2D eigenvalue weighted by molar-refractivity contribution is 0.404. The maximum Gasteiger partial charge on any atom is 0.127 e. The number of aryl methyl sites for hydroxylation is 1. The Labute approximate surface area is 130 Å². The molecule has 2 rings (SSSR count). The van der Waals surface area contributed by atoms with Gasteiger partial charge in [-0.3, -0.25) is 0 Å². The van der Waals surface area contributed by atoms with E-state index < -0.39 is 0 Å². The van der Waals surface area contributed by atoms with Gasteiger partial charge in [-0.15, -0.1) is 5.10 Å². The first-order valence-electron chi connectivity index (χ1n) is 6.99. The first-order valence-corrected chi connectivity index (χ1v) is 7.77. The minimum atomic E-state index is -0.270. The standard InChI is InChI=1S/C16H23N3OS/c1-9-7-8-11(13(20-6)10(9)2)12(17)14-15(16(3,4)5)18-19-21-14/h7-8,12H,17H2,1-6H3. The summed E-state index contributed by atoms with van der Waals surface area (Å²) < 4.78 is 9.69. The fourth-order valence-electron chi connectivity index (χ4n) is 2.39. The fourth-order valence-corrected chi connectivity index (χ4v) is 3.27. The molecule has 1 atom stereocenters. The fraction of sp³-hybridized carbons (Fsp3) is 0.500. The van der Waals surface area contributed by atoms with Crippen molar-refractivity contribution in [3.05, 3.63) is 39.4 Å². The molecule has 114 valence electrons. The SMILES string of the molecule is COc1c(C(N)c2snnc2C(C)(C)C)ccc(C)c1C. The second kappa shape index (κ2) is 5.73. The van der Waals surface area contributed by atoms with Gasteiger partial charge in [0.15, 0.2) is 0 Å². The van der Waals surface area contributed by atoms with Crippen molar-refractivity contribution in [2.45, 2.75) is 46.1 Å². The third-order valence-corrected chi connectivity index (χ3v) is 4.56. The van der Waals surface area contributed by atoms with E-state index in [1.54, 1.807) is 7.11 Å². The van der Waals surface area contributed by atoms with E-state index in [2.05, 4.69) is 50.3 Å². The number of rotatable bonds is 3. The lowest BCUT2D eigenvalue weighted by atomic mass is 9.88. The zero-order chi connectivity index (χ0) is 15.8. The summed E-state index contributed by atoms with van der Waals surface area (Å²) in [7, 11) is 1.69. The van der Waals surface area contributed by atoms with Gasteiger partial charge in [-0.25, -0.2) is 0 Å². The number of hydrogen-bond acceptors (Lipinski definition) is 5. The van der Waals surface area contributed by atoms with Crippen molar-refractivity contribution in [3.63, 3.8) is 0 Å². The summed E-state index contributed by atoms with van der Waals surface area (Å²) in [5, 5.41) is 4.28. The van der Waals surface area contributed by atoms with E-state index in [4.69, 9.17) is 10.5 Å². The van der Waals surface area contributed by atoms with E-state index in [1.165, 1.54) is 17.1 Å². The van der Waals surface area contributed by atoms with Crippen molar-refractivity contribution in [3.8, 4) is 5.75 Å². The molecule has 0 spiro atoms. The molecule has 0 amide bonds. The van der Waals surface area contributed by atoms with Crippen LogP contribution in [0.2, 0.25) is 0 Å². The summed E-state index contributed by atoms with van der Waals surface area (Å²) in [6.45, 7) is 10.5. The van der Waals surface area contributed by atoms with Crippen molar-refractivity contribution in [2.24, 2.45) is 5.73 Å². The predicted octanol–water partition coefficient (Wildman–Crippen LogP) is 3.51. The molecule has 0 aliphatic carbocycles. The molecule has 0 bridgehead atoms. The van der Waals surface area contributed by atoms with Crippen LogP contribution in [0.5, 0.6) is 5.75 Å². The van der Waals surface area contributed by atoms with Gasteiger partial charge in [0.2, 0.25) is 0 Å². The molecular weight excluding hydrogens is 282 g/mol. The molecule has 1 aromatic heterocycles. The molecule has 1 heterocycles. The molecule has 2 N–H and O–H groups in total. The normalized spacial score (nSPS) is 13.3. The van der Waals surface area contributed by atoms with Crippen molar-refractivity contribution < 1.29 is 4.74 Å². The highest BCUT2D eigenvalue weighted by molar-refractivity contribution is 7.05. The predicted molar refractivity (Wildman–Crippen MR) is 87.1 cm³/mol. The van der Waals surface area contributed by atoms with Crippen LogP contribution < -0.4 is 10.5 Å². The van der Waals surface area contributed by atoms with Crippen LogP contribution in [0.1, 0.15) is 54.1 Å². The third kappa shape index (κ3) is 2.94. The van der Waals surface area contributed by atoms with E-state index in [9.17, 15) is 0 Å². The van der Waals surface area contributed by atoms with Crippen LogP contribution >= 0.6 is 11.5 Å². The molecule has 5 heteroatoms. The number of ether oxygens (including phenoxy) is 1. The number of nitrogens with two attached hydrogens (primary N) is 1. The highest BCUT2D eigenvalue weighted by Crippen LogP contribution is 2.37. The minimum absolute atomic E-state index is 0.0765. The average molecular weight is 305 g/mol. The third-order valence-electron chi connectivity index (χ3n) is 3.75. The van der Waals surface area contributed by atoms with Gasteiger partial charge < -0.3 is 10.5 Å². The molecule has 0 aliphatic rings. The summed E-state index contributed by atoms with van der Waals surface area (Å²) in [5.74, 6) is 0.857. The van der Waals surface area contributed by atoms with Gasteiger partial charge in [-0.05, 0) is 36.5 Å². The average Bonchev–Trinajstić information content (AvgIpc) is 2.90. The van der Waals surface area contributed by atoms with E-state index >= 15 is 0 Å². The number of nitrogens with zero attached hydrogens (tertiary/aromatic N) is 2. The second-order valence-corrected chi connectivity index (χ2v) is 7.13. The first kappa shape index (κ1) is 15.9. The summed E-state index contributed by atoms with van der Waals surface area (Å²) in [6.07, 6.45) is 0. The number of methoxy groups -OCH3 is 1. The van der Waals surface area contributed by atoms with E-state index in [0.29, 0.717) is 0 Å². The largest absolute Gasteiger partial charge is 0.496 e. The van der Waals surface area contributed by atoms with Crippen molar-refractivity contribution >= 4 is 11.5 Å². The molecule has 1 aromatic carbocycles. The zero-order valence-electron chi connectivity index (χ0n) is 13.5. The Morgan fingerprint density at radius 2 is 1.90 bits per heavy atom. The maximum atomic E-state index is 6.50. The summed E-state index contributed by atoms with van der Waals surface area (Å²) in [6, 6.07) is 3.85. The van der Waals surface area contributed by atoms with Crippen LogP contribution in [-0.2, 0) is 5.41 Å². The Hall–Kier alpha value is -1.46. The Balaban J connectivity index is 2.54. The Bertz CT molecular complexity index is 643. The van der Waals surface area contributed by atoms with Crippen LogP contribution in [0.3, 0.4) is 0 Å². The van der Waals surface area contributed by atoms with Gasteiger partial charge in [0.25, 0.3) is 0 Å². The van der Waals surface area contributed by atoms with Crippen molar-refractivity contribution in [1.29, 1.82) is 0 Å². The lowest BCUT2D eigenvalue weighted by Crippen LogP contribution is -2.20.